The predicted molar refractivity (Wildman–Crippen MR) is 92.1 cm³/mol. The molecule has 1 heterocycles. The van der Waals surface area contributed by atoms with Crippen LogP contribution in [0.1, 0.15) is 11.1 Å². The normalized spacial score (nSPS) is 11.6. The molecule has 4 heteroatoms. The number of hydrogen-bond donors (Lipinski definition) is 1. The fourth-order valence-corrected chi connectivity index (χ4v) is 3.03. The Hall–Kier alpha value is -1.39. The molecule has 2 nitrogen and oxygen atoms in total. The lowest BCUT2D eigenvalue weighted by molar-refractivity contribution is 1.41. The van der Waals surface area contributed by atoms with E-state index in [1.165, 1.54) is 5.56 Å². The van der Waals surface area contributed by atoms with Crippen LogP contribution in [0.15, 0.2) is 56.5 Å². The van der Waals surface area contributed by atoms with Crippen molar-refractivity contribution in [2.45, 2.75) is 6.92 Å². The van der Waals surface area contributed by atoms with Crippen LogP contribution in [-0.4, -0.2) is 11.2 Å². The average Bonchev–Trinajstić information content (AvgIpc) is 2.80. The van der Waals surface area contributed by atoms with Crippen LogP contribution < -0.4 is 0 Å². The molecule has 0 aliphatic heterocycles. The number of fused-ring (bicyclic) bond motifs is 1. The van der Waals surface area contributed by atoms with Gasteiger partial charge in [0.25, 0.3) is 0 Å². The number of nitrogens with zero attached hydrogens (tertiary/aromatic N) is 1. The number of aromatic amines is 1. The molecule has 0 spiro atoms. The third-order valence-corrected chi connectivity index (χ3v) is 4.25. The summed E-state index contributed by atoms with van der Waals surface area (Å²) in [6.45, 7) is 2.06. The van der Waals surface area contributed by atoms with Crippen LogP contribution in [0.4, 0.5) is 5.69 Å². The van der Waals surface area contributed by atoms with Crippen molar-refractivity contribution in [3.05, 3.63) is 62.7 Å². The highest BCUT2D eigenvalue weighted by atomic mass is 79.9. The first-order chi connectivity index (χ1) is 9.63. The number of H-pyrrole nitrogens is 1. The van der Waals surface area contributed by atoms with E-state index in [0.717, 1.165) is 31.1 Å². The van der Waals surface area contributed by atoms with Gasteiger partial charge in [-0.3, -0.25) is 4.99 Å². The van der Waals surface area contributed by atoms with E-state index in [4.69, 9.17) is 0 Å². The molecule has 0 atom stereocenters. The summed E-state index contributed by atoms with van der Waals surface area (Å²) >= 11 is 7.04. The van der Waals surface area contributed by atoms with Crippen LogP contribution in [0.3, 0.4) is 0 Å². The fourth-order valence-electron chi connectivity index (χ4n) is 2.08. The van der Waals surface area contributed by atoms with Crippen LogP contribution in [0.25, 0.3) is 10.9 Å². The lowest BCUT2D eigenvalue weighted by atomic mass is 10.2. The first-order valence-electron chi connectivity index (χ1n) is 6.20. The van der Waals surface area contributed by atoms with Crippen LogP contribution >= 0.6 is 31.9 Å². The van der Waals surface area contributed by atoms with Crippen molar-refractivity contribution >= 4 is 54.7 Å². The Morgan fingerprint density at radius 3 is 2.75 bits per heavy atom. The summed E-state index contributed by atoms with van der Waals surface area (Å²) in [5.41, 5.74) is 4.33. The first kappa shape index (κ1) is 13.6. The highest BCUT2D eigenvalue weighted by molar-refractivity contribution is 9.10. The second-order valence-corrected chi connectivity index (χ2v) is 6.42. The van der Waals surface area contributed by atoms with Gasteiger partial charge in [-0.2, -0.15) is 0 Å². The molecule has 0 saturated heterocycles. The van der Waals surface area contributed by atoms with E-state index in [1.807, 2.05) is 24.5 Å². The zero-order valence-corrected chi connectivity index (χ0v) is 14.0. The molecule has 0 fully saturated rings. The van der Waals surface area contributed by atoms with E-state index < -0.39 is 0 Å². The van der Waals surface area contributed by atoms with Crippen molar-refractivity contribution in [2.75, 3.05) is 0 Å². The molecule has 1 N–H and O–H groups in total. The van der Waals surface area contributed by atoms with Gasteiger partial charge in [0.15, 0.2) is 0 Å². The Balaban J connectivity index is 2.00. The van der Waals surface area contributed by atoms with E-state index >= 15 is 0 Å². The van der Waals surface area contributed by atoms with Gasteiger partial charge in [0.05, 0.1) is 5.69 Å². The van der Waals surface area contributed by atoms with E-state index in [1.54, 1.807) is 0 Å². The van der Waals surface area contributed by atoms with Crippen LogP contribution in [0, 0.1) is 6.92 Å². The third kappa shape index (κ3) is 2.72. The van der Waals surface area contributed by atoms with Crippen molar-refractivity contribution in [2.24, 2.45) is 4.99 Å². The van der Waals surface area contributed by atoms with Crippen molar-refractivity contribution in [3.8, 4) is 0 Å². The fraction of sp³-hybridized carbons (Fsp3) is 0.0625. The van der Waals surface area contributed by atoms with Gasteiger partial charge in [0.1, 0.15) is 0 Å². The van der Waals surface area contributed by atoms with Gasteiger partial charge < -0.3 is 4.98 Å². The molecular formula is C16H12Br2N2. The quantitative estimate of drug-likeness (QED) is 0.538. The maximum atomic E-state index is 4.56. The molecule has 2 aromatic carbocycles. The Labute approximate surface area is 134 Å². The van der Waals surface area contributed by atoms with Gasteiger partial charge >= 0.3 is 0 Å². The predicted octanol–water partition coefficient (Wildman–Crippen LogP) is 5.75. The molecule has 1 aromatic heterocycles. The van der Waals surface area contributed by atoms with Crippen LogP contribution in [0.5, 0.6) is 0 Å². The topological polar surface area (TPSA) is 28.1 Å². The van der Waals surface area contributed by atoms with E-state index in [0.29, 0.717) is 0 Å². The maximum Gasteiger partial charge on any atom is 0.0772 e. The Morgan fingerprint density at radius 1 is 1.10 bits per heavy atom. The van der Waals surface area contributed by atoms with Gasteiger partial charge in [0.2, 0.25) is 0 Å². The summed E-state index contributed by atoms with van der Waals surface area (Å²) in [4.78, 5) is 7.81. The van der Waals surface area contributed by atoms with Crippen LogP contribution in [0.2, 0.25) is 0 Å². The second-order valence-electron chi connectivity index (χ2n) is 4.65. The number of aliphatic imine (C=N–C) groups is 1. The second kappa shape index (κ2) is 5.54. The standard InChI is InChI=1S/C16H12Br2N2/c1-10-2-4-16(14(18)6-10)20-9-11-8-19-15-5-3-12(17)7-13(11)15/h2-9,19H,1H3. The highest BCUT2D eigenvalue weighted by Gasteiger charge is 2.03. The monoisotopic (exact) mass is 390 g/mol. The van der Waals surface area contributed by atoms with Crippen molar-refractivity contribution < 1.29 is 0 Å². The Bertz CT molecular complexity index is 803. The molecule has 3 aromatic rings. The average molecular weight is 392 g/mol. The summed E-state index contributed by atoms with van der Waals surface area (Å²) in [5.74, 6) is 0. The molecule has 3 rings (SSSR count). The van der Waals surface area contributed by atoms with Gasteiger partial charge in [-0.25, -0.2) is 0 Å². The van der Waals surface area contributed by atoms with Gasteiger partial charge in [0, 0.05) is 37.8 Å². The van der Waals surface area contributed by atoms with Crippen molar-refractivity contribution in [3.63, 3.8) is 0 Å². The number of aromatic nitrogens is 1. The summed E-state index contributed by atoms with van der Waals surface area (Å²) in [6, 6.07) is 12.3. The molecule has 0 bridgehead atoms. The summed E-state index contributed by atoms with van der Waals surface area (Å²) in [7, 11) is 0. The molecule has 20 heavy (non-hydrogen) atoms. The van der Waals surface area contributed by atoms with Gasteiger partial charge in [-0.05, 0) is 58.7 Å². The molecule has 0 unspecified atom stereocenters. The zero-order valence-electron chi connectivity index (χ0n) is 10.8. The number of aryl methyl sites for hydroxylation is 1. The molecule has 0 aliphatic rings. The Kier molecular flexibility index (Phi) is 3.76. The Morgan fingerprint density at radius 2 is 1.95 bits per heavy atom. The number of rotatable bonds is 2. The lowest BCUT2D eigenvalue weighted by Crippen LogP contribution is -1.79. The SMILES string of the molecule is Cc1ccc(N=Cc2c[nH]c3ccc(Br)cc23)c(Br)c1. The minimum Gasteiger partial charge on any atom is -0.361 e. The maximum absolute atomic E-state index is 4.56. The minimum atomic E-state index is 0.931. The van der Waals surface area contributed by atoms with Gasteiger partial charge in [-0.1, -0.05) is 22.0 Å². The largest absolute Gasteiger partial charge is 0.361 e. The van der Waals surface area contributed by atoms with E-state index in [9.17, 15) is 0 Å². The molecule has 0 radical (unpaired) electrons. The number of halogens is 2. The van der Waals surface area contributed by atoms with Crippen molar-refractivity contribution in [1.29, 1.82) is 0 Å². The van der Waals surface area contributed by atoms with Gasteiger partial charge in [-0.15, -0.1) is 0 Å². The van der Waals surface area contributed by atoms with E-state index in [-0.39, 0.29) is 0 Å². The zero-order chi connectivity index (χ0) is 14.1. The number of nitrogens with one attached hydrogen (secondary N) is 1. The smallest absolute Gasteiger partial charge is 0.0772 e. The molecule has 0 amide bonds. The molecule has 0 saturated carbocycles. The lowest BCUT2D eigenvalue weighted by Gasteiger charge is -1.99. The highest BCUT2D eigenvalue weighted by Crippen LogP contribution is 2.27. The van der Waals surface area contributed by atoms with Crippen molar-refractivity contribution in [1.82, 2.24) is 4.98 Å². The number of hydrogen-bond acceptors (Lipinski definition) is 1. The molecule has 100 valence electrons. The molecular weight excluding hydrogens is 380 g/mol. The first-order valence-corrected chi connectivity index (χ1v) is 7.79. The van der Waals surface area contributed by atoms with E-state index in [2.05, 4.69) is 73.0 Å². The summed E-state index contributed by atoms with van der Waals surface area (Å²) < 4.78 is 2.07. The molecule has 0 aliphatic carbocycles. The summed E-state index contributed by atoms with van der Waals surface area (Å²) in [5, 5.41) is 1.16. The third-order valence-electron chi connectivity index (χ3n) is 3.12. The number of benzene rings is 2. The minimum absolute atomic E-state index is 0.931. The van der Waals surface area contributed by atoms with Crippen LogP contribution in [-0.2, 0) is 0 Å². The summed E-state index contributed by atoms with van der Waals surface area (Å²) in [6.07, 6.45) is 3.86.